The Labute approximate surface area is 157 Å². The molecule has 2 aromatic rings. The molecule has 0 saturated carbocycles. The van der Waals surface area contributed by atoms with E-state index in [9.17, 15) is 9.59 Å². The molecule has 1 N–H and O–H groups in total. The van der Waals surface area contributed by atoms with Gasteiger partial charge in [-0.05, 0) is 42.9 Å². The number of nitriles is 1. The number of carbonyl (C=O) groups is 2. The molecule has 3 heterocycles. The Morgan fingerprint density at radius 3 is 2.67 bits per heavy atom. The van der Waals surface area contributed by atoms with Gasteiger partial charge in [-0.3, -0.25) is 14.6 Å². The van der Waals surface area contributed by atoms with E-state index >= 15 is 0 Å². The lowest BCUT2D eigenvalue weighted by Gasteiger charge is -2.32. The number of carbonyl (C=O) groups excluding carboxylic acids is 2. The fourth-order valence-electron chi connectivity index (χ4n) is 3.52. The van der Waals surface area contributed by atoms with Gasteiger partial charge in [-0.15, -0.1) is 0 Å². The first kappa shape index (κ1) is 17.2. The maximum Gasteiger partial charge on any atom is 0.255 e. The molecule has 1 aromatic carbocycles. The topological polar surface area (TPSA) is 89.3 Å². The minimum atomic E-state index is -0.568. The second-order valence-corrected chi connectivity index (χ2v) is 6.90. The fraction of sp³-hybridized carbons (Fsp3) is 0.300. The maximum atomic E-state index is 12.6. The Hall–Kier alpha value is -3.24. The highest BCUT2D eigenvalue weighted by atomic mass is 16.2. The Kier molecular flexibility index (Phi) is 4.34. The molecule has 0 spiro atoms. The van der Waals surface area contributed by atoms with Crippen LogP contribution >= 0.6 is 0 Å². The second kappa shape index (κ2) is 6.82. The molecule has 7 nitrogen and oxygen atoms in total. The average Bonchev–Trinajstić information content (AvgIpc) is 3.03. The normalized spacial score (nSPS) is 19.3. The highest BCUT2D eigenvalue weighted by Crippen LogP contribution is 2.36. The molecule has 4 rings (SSSR count). The van der Waals surface area contributed by atoms with Gasteiger partial charge in [-0.25, -0.2) is 0 Å². The molecule has 0 radical (unpaired) electrons. The first-order valence-electron chi connectivity index (χ1n) is 8.85. The number of likely N-dealkylation sites (N-methyl/N-ethyl adjacent to an activating group) is 1. The summed E-state index contributed by atoms with van der Waals surface area (Å²) < 4.78 is 0. The molecule has 1 aromatic heterocycles. The Balaban J connectivity index is 1.57. The zero-order valence-electron chi connectivity index (χ0n) is 15.0. The SMILES string of the molecule is CN1CCN(C(=O)c2ccc(C3C(=O)Nc4ccc(C#N)cc43)nc2)CC1. The number of anilines is 1. The molecular weight excluding hydrogens is 342 g/mol. The number of nitrogens with one attached hydrogen (secondary N) is 1. The van der Waals surface area contributed by atoms with Crippen LogP contribution in [0, 0.1) is 11.3 Å². The van der Waals surface area contributed by atoms with Crippen LogP contribution in [0.15, 0.2) is 36.5 Å². The molecule has 2 aliphatic heterocycles. The van der Waals surface area contributed by atoms with Crippen LogP contribution in [0.5, 0.6) is 0 Å². The molecular formula is C20H19N5O2. The molecule has 1 atom stereocenters. The summed E-state index contributed by atoms with van der Waals surface area (Å²) in [6.45, 7) is 3.12. The minimum Gasteiger partial charge on any atom is -0.336 e. The highest BCUT2D eigenvalue weighted by Gasteiger charge is 2.33. The number of piperazine rings is 1. The Bertz CT molecular complexity index is 940. The van der Waals surface area contributed by atoms with E-state index in [1.54, 1.807) is 30.3 Å². The number of benzene rings is 1. The first-order chi connectivity index (χ1) is 13.1. The van der Waals surface area contributed by atoms with Crippen molar-refractivity contribution in [2.24, 2.45) is 0 Å². The highest BCUT2D eigenvalue weighted by molar-refractivity contribution is 6.05. The summed E-state index contributed by atoms with van der Waals surface area (Å²) in [5.74, 6) is -0.781. The lowest BCUT2D eigenvalue weighted by atomic mass is 9.95. The van der Waals surface area contributed by atoms with Crippen LogP contribution in [0.2, 0.25) is 0 Å². The third-order valence-electron chi connectivity index (χ3n) is 5.13. The summed E-state index contributed by atoms with van der Waals surface area (Å²) in [6.07, 6.45) is 1.54. The molecule has 27 heavy (non-hydrogen) atoms. The van der Waals surface area contributed by atoms with Crippen LogP contribution < -0.4 is 5.32 Å². The summed E-state index contributed by atoms with van der Waals surface area (Å²) in [6, 6.07) is 10.7. The summed E-state index contributed by atoms with van der Waals surface area (Å²) in [4.78, 5) is 33.5. The summed E-state index contributed by atoms with van der Waals surface area (Å²) in [5.41, 5.74) is 3.02. The van der Waals surface area contributed by atoms with Gasteiger partial charge < -0.3 is 15.1 Å². The van der Waals surface area contributed by atoms with Gasteiger partial charge in [0.2, 0.25) is 5.91 Å². The summed E-state index contributed by atoms with van der Waals surface area (Å²) in [5, 5.41) is 11.9. The number of rotatable bonds is 2. The Morgan fingerprint density at radius 2 is 2.00 bits per heavy atom. The van der Waals surface area contributed by atoms with Gasteiger partial charge in [0.1, 0.15) is 5.92 Å². The molecule has 7 heteroatoms. The second-order valence-electron chi connectivity index (χ2n) is 6.90. The lowest BCUT2D eigenvalue weighted by Crippen LogP contribution is -2.47. The quantitative estimate of drug-likeness (QED) is 0.874. The number of aromatic nitrogens is 1. The van der Waals surface area contributed by atoms with Crippen LogP contribution in [-0.2, 0) is 4.79 Å². The van der Waals surface area contributed by atoms with Gasteiger partial charge in [-0.2, -0.15) is 5.26 Å². The van der Waals surface area contributed by atoms with Crippen molar-refractivity contribution >= 4 is 17.5 Å². The Morgan fingerprint density at radius 1 is 1.22 bits per heavy atom. The smallest absolute Gasteiger partial charge is 0.255 e. The van der Waals surface area contributed by atoms with Crippen molar-refractivity contribution in [2.75, 3.05) is 38.5 Å². The summed E-state index contributed by atoms with van der Waals surface area (Å²) in [7, 11) is 2.04. The molecule has 2 aliphatic rings. The van der Waals surface area contributed by atoms with E-state index in [0.717, 1.165) is 18.7 Å². The zero-order valence-corrected chi connectivity index (χ0v) is 15.0. The molecule has 1 saturated heterocycles. The molecule has 1 unspecified atom stereocenters. The van der Waals surface area contributed by atoms with Crippen molar-refractivity contribution in [2.45, 2.75) is 5.92 Å². The molecule has 2 amide bonds. The molecule has 0 aliphatic carbocycles. The van der Waals surface area contributed by atoms with Crippen molar-refractivity contribution in [1.29, 1.82) is 5.26 Å². The molecule has 1 fully saturated rings. The van der Waals surface area contributed by atoms with Crippen LogP contribution in [-0.4, -0.2) is 59.8 Å². The predicted molar refractivity (Wildman–Crippen MR) is 99.3 cm³/mol. The van der Waals surface area contributed by atoms with Gasteiger partial charge >= 0.3 is 0 Å². The van der Waals surface area contributed by atoms with Gasteiger partial charge in [0.15, 0.2) is 0 Å². The van der Waals surface area contributed by atoms with Crippen LogP contribution in [0.3, 0.4) is 0 Å². The van der Waals surface area contributed by atoms with Gasteiger partial charge in [0.05, 0.1) is 22.9 Å². The number of nitrogens with zero attached hydrogens (tertiary/aromatic N) is 4. The largest absolute Gasteiger partial charge is 0.336 e. The minimum absolute atomic E-state index is 0.0369. The van der Waals surface area contributed by atoms with Crippen LogP contribution in [0.4, 0.5) is 5.69 Å². The van der Waals surface area contributed by atoms with E-state index in [1.165, 1.54) is 6.20 Å². The van der Waals surface area contributed by atoms with E-state index in [-0.39, 0.29) is 11.8 Å². The van der Waals surface area contributed by atoms with E-state index in [4.69, 9.17) is 5.26 Å². The van der Waals surface area contributed by atoms with Crippen molar-refractivity contribution in [1.82, 2.24) is 14.8 Å². The maximum absolute atomic E-state index is 12.6. The van der Waals surface area contributed by atoms with Crippen molar-refractivity contribution in [3.63, 3.8) is 0 Å². The number of amides is 2. The summed E-state index contributed by atoms with van der Waals surface area (Å²) >= 11 is 0. The third-order valence-corrected chi connectivity index (χ3v) is 5.13. The van der Waals surface area contributed by atoms with Crippen LogP contribution in [0.1, 0.15) is 33.1 Å². The van der Waals surface area contributed by atoms with E-state index in [2.05, 4.69) is 21.3 Å². The van der Waals surface area contributed by atoms with Crippen molar-refractivity contribution < 1.29 is 9.59 Å². The number of hydrogen-bond acceptors (Lipinski definition) is 5. The van der Waals surface area contributed by atoms with E-state index in [0.29, 0.717) is 35.6 Å². The molecule has 136 valence electrons. The van der Waals surface area contributed by atoms with E-state index in [1.807, 2.05) is 11.9 Å². The van der Waals surface area contributed by atoms with Crippen molar-refractivity contribution in [3.05, 3.63) is 58.9 Å². The molecule has 0 bridgehead atoms. The average molecular weight is 361 g/mol. The standard InChI is InChI=1S/C20H19N5O2/c1-24-6-8-25(9-7-24)20(27)14-3-5-17(22-12-14)18-15-10-13(11-21)2-4-16(15)23-19(18)26/h2-5,10,12,18H,6-9H2,1H3,(H,23,26). The monoisotopic (exact) mass is 361 g/mol. The zero-order chi connectivity index (χ0) is 19.0. The van der Waals surface area contributed by atoms with Gasteiger partial charge in [-0.1, -0.05) is 0 Å². The number of pyridine rings is 1. The lowest BCUT2D eigenvalue weighted by molar-refractivity contribution is -0.116. The number of fused-ring (bicyclic) bond motifs is 1. The fourth-order valence-corrected chi connectivity index (χ4v) is 3.52. The van der Waals surface area contributed by atoms with Gasteiger partial charge in [0, 0.05) is 38.1 Å². The van der Waals surface area contributed by atoms with E-state index < -0.39 is 5.92 Å². The first-order valence-corrected chi connectivity index (χ1v) is 8.85. The van der Waals surface area contributed by atoms with Gasteiger partial charge in [0.25, 0.3) is 5.91 Å². The van der Waals surface area contributed by atoms with Crippen LogP contribution in [0.25, 0.3) is 0 Å². The third kappa shape index (κ3) is 3.15. The predicted octanol–water partition coefficient (Wildman–Crippen LogP) is 1.42. The van der Waals surface area contributed by atoms with Crippen molar-refractivity contribution in [3.8, 4) is 6.07 Å². The number of hydrogen-bond donors (Lipinski definition) is 1.